The first-order valence-corrected chi connectivity index (χ1v) is 8.04. The molecule has 132 valence electrons. The van der Waals surface area contributed by atoms with Crippen LogP contribution in [0.4, 0.5) is 20.2 Å². The van der Waals surface area contributed by atoms with Crippen molar-refractivity contribution in [1.29, 1.82) is 0 Å². The van der Waals surface area contributed by atoms with Crippen LogP contribution in [-0.2, 0) is 6.54 Å². The second-order valence-electron chi connectivity index (χ2n) is 5.76. The van der Waals surface area contributed by atoms with Crippen LogP contribution in [0.5, 0.6) is 0 Å². The summed E-state index contributed by atoms with van der Waals surface area (Å²) in [6, 6.07) is 14.3. The van der Waals surface area contributed by atoms with Gasteiger partial charge < -0.3 is 10.6 Å². The number of carbonyl (C=O) groups is 1. The Morgan fingerprint density at radius 2 is 1.77 bits per heavy atom. The Bertz CT molecular complexity index is 924. The molecule has 0 saturated heterocycles. The van der Waals surface area contributed by atoms with Crippen LogP contribution in [0, 0.1) is 18.6 Å². The Hall–Kier alpha value is -3.28. The lowest BCUT2D eigenvalue weighted by Gasteiger charge is -2.10. The molecule has 1 aromatic heterocycles. The van der Waals surface area contributed by atoms with Crippen LogP contribution in [0.25, 0.3) is 0 Å². The van der Waals surface area contributed by atoms with Gasteiger partial charge in [-0.05, 0) is 42.3 Å². The fourth-order valence-corrected chi connectivity index (χ4v) is 2.47. The van der Waals surface area contributed by atoms with Gasteiger partial charge in [0.1, 0.15) is 23.0 Å². The van der Waals surface area contributed by atoms with E-state index in [0.29, 0.717) is 12.2 Å². The molecule has 0 fully saturated rings. The van der Waals surface area contributed by atoms with E-state index < -0.39 is 11.6 Å². The molecule has 1 heterocycles. The third-order valence-electron chi connectivity index (χ3n) is 3.93. The number of anilines is 2. The minimum Gasteiger partial charge on any atom is -0.351 e. The third-order valence-corrected chi connectivity index (χ3v) is 3.93. The Balaban J connectivity index is 1.72. The molecule has 4 nitrogen and oxygen atoms in total. The van der Waals surface area contributed by atoms with Crippen LogP contribution in [0.1, 0.15) is 21.6 Å². The molecule has 0 aliphatic rings. The number of pyridine rings is 1. The molecule has 1 amide bonds. The summed E-state index contributed by atoms with van der Waals surface area (Å²) < 4.78 is 27.5. The number of para-hydroxylation sites is 1. The smallest absolute Gasteiger partial charge is 0.270 e. The second kappa shape index (κ2) is 7.74. The molecule has 3 aromatic rings. The number of aromatic nitrogens is 1. The van der Waals surface area contributed by atoms with Gasteiger partial charge in [0.2, 0.25) is 0 Å². The fourth-order valence-electron chi connectivity index (χ4n) is 2.47. The summed E-state index contributed by atoms with van der Waals surface area (Å²) in [5.41, 5.74) is 2.32. The third kappa shape index (κ3) is 4.03. The van der Waals surface area contributed by atoms with Crippen molar-refractivity contribution in [2.45, 2.75) is 13.5 Å². The van der Waals surface area contributed by atoms with Gasteiger partial charge in [0.05, 0.1) is 0 Å². The molecule has 0 bridgehead atoms. The molecule has 0 spiro atoms. The molecule has 0 saturated carbocycles. The van der Waals surface area contributed by atoms with Crippen molar-refractivity contribution in [3.63, 3.8) is 0 Å². The lowest BCUT2D eigenvalue weighted by Crippen LogP contribution is -2.24. The van der Waals surface area contributed by atoms with Crippen LogP contribution < -0.4 is 10.6 Å². The van der Waals surface area contributed by atoms with Crippen molar-refractivity contribution in [2.24, 2.45) is 0 Å². The zero-order valence-corrected chi connectivity index (χ0v) is 14.1. The lowest BCUT2D eigenvalue weighted by atomic mass is 10.1. The van der Waals surface area contributed by atoms with E-state index in [2.05, 4.69) is 15.6 Å². The number of carbonyl (C=O) groups excluding carboxylic acids is 1. The first-order chi connectivity index (χ1) is 12.5. The van der Waals surface area contributed by atoms with Crippen molar-refractivity contribution in [3.05, 3.63) is 89.2 Å². The monoisotopic (exact) mass is 353 g/mol. The van der Waals surface area contributed by atoms with Crippen molar-refractivity contribution in [1.82, 2.24) is 10.3 Å². The van der Waals surface area contributed by atoms with Crippen LogP contribution in [0.15, 0.2) is 60.8 Å². The summed E-state index contributed by atoms with van der Waals surface area (Å²) in [4.78, 5) is 16.3. The Morgan fingerprint density at radius 3 is 2.50 bits per heavy atom. The normalized spacial score (nSPS) is 10.4. The number of rotatable bonds is 5. The van der Waals surface area contributed by atoms with Crippen molar-refractivity contribution >= 4 is 17.3 Å². The largest absolute Gasteiger partial charge is 0.351 e. The highest BCUT2D eigenvalue weighted by Gasteiger charge is 2.11. The predicted molar refractivity (Wildman–Crippen MR) is 96.2 cm³/mol. The number of amides is 1. The van der Waals surface area contributed by atoms with Crippen LogP contribution in [-0.4, -0.2) is 10.9 Å². The molecule has 2 N–H and O–H groups in total. The van der Waals surface area contributed by atoms with E-state index >= 15 is 0 Å². The number of hydrogen-bond donors (Lipinski definition) is 2. The predicted octanol–water partition coefficient (Wildman–Crippen LogP) is 4.34. The SMILES string of the molecule is Cc1ccccc1CNC(=O)c1cc(Nc2c(F)cccc2F)ccn1. The molecular weight excluding hydrogens is 336 g/mol. The van der Waals surface area contributed by atoms with E-state index in [9.17, 15) is 13.6 Å². The summed E-state index contributed by atoms with van der Waals surface area (Å²) in [6.07, 6.45) is 1.41. The maximum atomic E-state index is 13.7. The number of hydrogen-bond acceptors (Lipinski definition) is 3. The summed E-state index contributed by atoms with van der Waals surface area (Å²) in [5, 5.41) is 5.44. The van der Waals surface area contributed by atoms with Gasteiger partial charge in [0, 0.05) is 18.4 Å². The Labute approximate surface area is 149 Å². The van der Waals surface area contributed by atoms with Gasteiger partial charge >= 0.3 is 0 Å². The van der Waals surface area contributed by atoms with Gasteiger partial charge in [-0.2, -0.15) is 0 Å². The molecular formula is C20H17F2N3O. The van der Waals surface area contributed by atoms with Crippen molar-refractivity contribution < 1.29 is 13.6 Å². The standard InChI is InChI=1S/C20H17F2N3O/c1-13-5-2-3-6-14(13)12-24-20(26)18-11-15(9-10-23-18)25-19-16(21)7-4-8-17(19)22/h2-11H,12H2,1H3,(H,23,25)(H,24,26). The zero-order valence-electron chi connectivity index (χ0n) is 14.1. The molecule has 0 atom stereocenters. The number of aryl methyl sites for hydroxylation is 1. The molecule has 0 unspecified atom stereocenters. The van der Waals surface area contributed by atoms with Crippen LogP contribution in [0.3, 0.4) is 0 Å². The molecule has 0 aliphatic carbocycles. The average Bonchev–Trinajstić information content (AvgIpc) is 2.64. The highest BCUT2D eigenvalue weighted by atomic mass is 19.1. The van der Waals surface area contributed by atoms with Crippen molar-refractivity contribution in [3.8, 4) is 0 Å². The number of benzene rings is 2. The highest BCUT2D eigenvalue weighted by Crippen LogP contribution is 2.23. The van der Waals surface area contributed by atoms with Gasteiger partial charge in [-0.1, -0.05) is 30.3 Å². The zero-order chi connectivity index (χ0) is 18.5. The van der Waals surface area contributed by atoms with Crippen molar-refractivity contribution in [2.75, 3.05) is 5.32 Å². The molecule has 6 heteroatoms. The number of halogens is 2. The van der Waals surface area contributed by atoms with Gasteiger partial charge in [-0.15, -0.1) is 0 Å². The van der Waals surface area contributed by atoms with Crippen LogP contribution >= 0.6 is 0 Å². The summed E-state index contributed by atoms with van der Waals surface area (Å²) in [7, 11) is 0. The first-order valence-electron chi connectivity index (χ1n) is 8.04. The first kappa shape index (κ1) is 17.5. The summed E-state index contributed by atoms with van der Waals surface area (Å²) >= 11 is 0. The highest BCUT2D eigenvalue weighted by molar-refractivity contribution is 5.93. The van der Waals surface area contributed by atoms with Gasteiger partial charge in [0.15, 0.2) is 0 Å². The van der Waals surface area contributed by atoms with E-state index in [1.165, 1.54) is 24.4 Å². The molecule has 3 rings (SSSR count). The second-order valence-corrected chi connectivity index (χ2v) is 5.76. The summed E-state index contributed by atoms with van der Waals surface area (Å²) in [5.74, 6) is -1.80. The van der Waals surface area contributed by atoms with E-state index in [-0.39, 0.29) is 17.3 Å². The van der Waals surface area contributed by atoms with E-state index in [1.54, 1.807) is 0 Å². The average molecular weight is 353 g/mol. The molecule has 0 radical (unpaired) electrons. The van der Waals surface area contributed by atoms with Gasteiger partial charge in [-0.3, -0.25) is 9.78 Å². The minimum absolute atomic E-state index is 0.153. The number of nitrogens with one attached hydrogen (secondary N) is 2. The molecule has 0 aliphatic heterocycles. The van der Waals surface area contributed by atoms with E-state index in [4.69, 9.17) is 0 Å². The van der Waals surface area contributed by atoms with E-state index in [0.717, 1.165) is 23.3 Å². The van der Waals surface area contributed by atoms with Gasteiger partial charge in [-0.25, -0.2) is 8.78 Å². The maximum Gasteiger partial charge on any atom is 0.270 e. The summed E-state index contributed by atoms with van der Waals surface area (Å²) in [6.45, 7) is 2.33. The van der Waals surface area contributed by atoms with Gasteiger partial charge in [0.25, 0.3) is 5.91 Å². The fraction of sp³-hybridized carbons (Fsp3) is 0.100. The van der Waals surface area contributed by atoms with Crippen LogP contribution in [0.2, 0.25) is 0 Å². The number of nitrogens with zero attached hydrogens (tertiary/aromatic N) is 1. The maximum absolute atomic E-state index is 13.7. The minimum atomic E-state index is -0.715. The Morgan fingerprint density at radius 1 is 1.04 bits per heavy atom. The Kier molecular flexibility index (Phi) is 5.22. The van der Waals surface area contributed by atoms with E-state index in [1.807, 2.05) is 31.2 Å². The molecule has 26 heavy (non-hydrogen) atoms. The lowest BCUT2D eigenvalue weighted by molar-refractivity contribution is 0.0946. The topological polar surface area (TPSA) is 54.0 Å². The quantitative estimate of drug-likeness (QED) is 0.717. The molecule has 2 aromatic carbocycles.